The molecule has 2 saturated heterocycles. The molecule has 2 aliphatic heterocycles. The highest BCUT2D eigenvalue weighted by Gasteiger charge is 2.20. The molecule has 0 aromatic carbocycles. The Morgan fingerprint density at radius 2 is 1.93 bits per heavy atom. The maximum Gasteiger partial charge on any atom is 0.0564 e. The third-order valence-corrected chi connectivity index (χ3v) is 3.45. The molecule has 2 rings (SSSR count). The van der Waals surface area contributed by atoms with Crippen LogP contribution >= 0.6 is 0 Å². The molecule has 0 spiro atoms. The third kappa shape index (κ3) is 2.94. The van der Waals surface area contributed by atoms with Crippen molar-refractivity contribution < 1.29 is 5.11 Å². The smallest absolute Gasteiger partial charge is 0.0564 e. The molecule has 0 aromatic rings. The zero-order valence-corrected chi connectivity index (χ0v) is 8.91. The zero-order chi connectivity index (χ0) is 9.80. The van der Waals surface area contributed by atoms with Crippen molar-refractivity contribution in [2.45, 2.75) is 44.2 Å². The van der Waals surface area contributed by atoms with Gasteiger partial charge in [0.15, 0.2) is 0 Å². The number of likely N-dealkylation sites (tertiary alicyclic amines) is 1. The van der Waals surface area contributed by atoms with E-state index in [-0.39, 0.29) is 6.10 Å². The average molecular weight is 198 g/mol. The van der Waals surface area contributed by atoms with E-state index in [1.807, 2.05) is 0 Å². The largest absolute Gasteiger partial charge is 0.393 e. The van der Waals surface area contributed by atoms with Gasteiger partial charge in [-0.25, -0.2) is 0 Å². The minimum absolute atomic E-state index is 0.0365. The molecule has 3 heteroatoms. The maximum absolute atomic E-state index is 9.39. The summed E-state index contributed by atoms with van der Waals surface area (Å²) in [5.41, 5.74) is 0. The number of aliphatic hydroxyl groups is 1. The molecule has 1 atom stereocenters. The number of nitrogens with zero attached hydrogens (tertiary/aromatic N) is 1. The van der Waals surface area contributed by atoms with Gasteiger partial charge in [0, 0.05) is 25.7 Å². The molecule has 82 valence electrons. The molecular formula is C11H22N2O. The average Bonchev–Trinajstić information content (AvgIpc) is 2.23. The van der Waals surface area contributed by atoms with E-state index < -0.39 is 0 Å². The van der Waals surface area contributed by atoms with E-state index in [9.17, 15) is 5.11 Å². The normalized spacial score (nSPS) is 31.9. The molecule has 0 amide bonds. The molecular weight excluding hydrogens is 176 g/mol. The van der Waals surface area contributed by atoms with Crippen LogP contribution in [-0.4, -0.2) is 48.3 Å². The molecule has 0 aromatic heterocycles. The monoisotopic (exact) mass is 198 g/mol. The molecule has 2 heterocycles. The standard InChI is InChI=1S/C11H22N2O/c14-11-4-7-13(8-5-11)9-10-3-1-2-6-12-10/h10-12,14H,1-9H2/t10-/m1/s1. The van der Waals surface area contributed by atoms with E-state index in [1.165, 1.54) is 32.4 Å². The summed E-state index contributed by atoms with van der Waals surface area (Å²) < 4.78 is 0. The quantitative estimate of drug-likeness (QED) is 0.681. The molecule has 0 aliphatic carbocycles. The highest BCUT2D eigenvalue weighted by molar-refractivity contribution is 4.79. The summed E-state index contributed by atoms with van der Waals surface area (Å²) >= 11 is 0. The van der Waals surface area contributed by atoms with Crippen LogP contribution in [0.25, 0.3) is 0 Å². The van der Waals surface area contributed by atoms with Crippen LogP contribution in [0.3, 0.4) is 0 Å². The van der Waals surface area contributed by atoms with Crippen molar-refractivity contribution in [2.24, 2.45) is 0 Å². The van der Waals surface area contributed by atoms with Gasteiger partial charge in [-0.3, -0.25) is 0 Å². The van der Waals surface area contributed by atoms with Crippen LogP contribution in [0.4, 0.5) is 0 Å². The lowest BCUT2D eigenvalue weighted by molar-refractivity contribution is 0.0759. The van der Waals surface area contributed by atoms with E-state index in [1.54, 1.807) is 0 Å². The number of piperidine rings is 2. The minimum atomic E-state index is -0.0365. The second-order valence-corrected chi connectivity index (χ2v) is 4.68. The zero-order valence-electron chi connectivity index (χ0n) is 8.91. The van der Waals surface area contributed by atoms with Crippen LogP contribution in [0.2, 0.25) is 0 Å². The molecule has 0 bridgehead atoms. The van der Waals surface area contributed by atoms with E-state index in [0.717, 1.165) is 25.9 Å². The van der Waals surface area contributed by atoms with Crippen LogP contribution in [-0.2, 0) is 0 Å². The Morgan fingerprint density at radius 1 is 1.14 bits per heavy atom. The second kappa shape index (κ2) is 5.10. The fraction of sp³-hybridized carbons (Fsp3) is 1.00. The Hall–Kier alpha value is -0.120. The Kier molecular flexibility index (Phi) is 3.79. The van der Waals surface area contributed by atoms with E-state index in [4.69, 9.17) is 0 Å². The summed E-state index contributed by atoms with van der Waals surface area (Å²) in [6.07, 6.45) is 5.95. The summed E-state index contributed by atoms with van der Waals surface area (Å²) in [5.74, 6) is 0. The van der Waals surface area contributed by atoms with Crippen molar-refractivity contribution in [2.75, 3.05) is 26.2 Å². The predicted molar refractivity (Wildman–Crippen MR) is 57.3 cm³/mol. The van der Waals surface area contributed by atoms with Gasteiger partial charge in [-0.1, -0.05) is 6.42 Å². The topological polar surface area (TPSA) is 35.5 Å². The van der Waals surface area contributed by atoms with Gasteiger partial charge in [0.1, 0.15) is 0 Å². The molecule has 0 radical (unpaired) electrons. The van der Waals surface area contributed by atoms with Gasteiger partial charge in [0.05, 0.1) is 6.10 Å². The first-order chi connectivity index (χ1) is 6.84. The number of nitrogens with one attached hydrogen (secondary N) is 1. The summed E-state index contributed by atoms with van der Waals surface area (Å²) in [5, 5.41) is 13.0. The Labute approximate surface area is 86.5 Å². The van der Waals surface area contributed by atoms with Gasteiger partial charge < -0.3 is 15.3 Å². The van der Waals surface area contributed by atoms with E-state index >= 15 is 0 Å². The SMILES string of the molecule is OC1CCN(C[C@H]2CCCCN2)CC1. The van der Waals surface area contributed by atoms with Crippen LogP contribution < -0.4 is 5.32 Å². The van der Waals surface area contributed by atoms with E-state index in [2.05, 4.69) is 10.2 Å². The van der Waals surface area contributed by atoms with Crippen LogP contribution in [0.15, 0.2) is 0 Å². The summed E-state index contributed by atoms with van der Waals surface area (Å²) in [4.78, 5) is 2.50. The highest BCUT2D eigenvalue weighted by Crippen LogP contribution is 2.13. The van der Waals surface area contributed by atoms with Gasteiger partial charge in [-0.15, -0.1) is 0 Å². The molecule has 14 heavy (non-hydrogen) atoms. The molecule has 2 fully saturated rings. The molecule has 0 unspecified atom stereocenters. The van der Waals surface area contributed by atoms with Crippen molar-refractivity contribution in [3.8, 4) is 0 Å². The van der Waals surface area contributed by atoms with E-state index in [0.29, 0.717) is 6.04 Å². The molecule has 0 saturated carbocycles. The summed E-state index contributed by atoms with van der Waals surface area (Å²) in [6.45, 7) is 4.55. The van der Waals surface area contributed by atoms with Crippen LogP contribution in [0.5, 0.6) is 0 Å². The van der Waals surface area contributed by atoms with Crippen molar-refractivity contribution in [1.82, 2.24) is 10.2 Å². The number of hydrogen-bond donors (Lipinski definition) is 2. The Bertz CT molecular complexity index is 161. The fourth-order valence-corrected chi connectivity index (χ4v) is 2.49. The maximum atomic E-state index is 9.39. The first kappa shape index (κ1) is 10.4. The fourth-order valence-electron chi connectivity index (χ4n) is 2.49. The van der Waals surface area contributed by atoms with Gasteiger partial charge in [0.25, 0.3) is 0 Å². The van der Waals surface area contributed by atoms with Gasteiger partial charge in [-0.2, -0.15) is 0 Å². The Balaban J connectivity index is 1.68. The number of rotatable bonds is 2. The van der Waals surface area contributed by atoms with Crippen molar-refractivity contribution in [3.63, 3.8) is 0 Å². The first-order valence-corrected chi connectivity index (χ1v) is 5.98. The summed E-state index contributed by atoms with van der Waals surface area (Å²) in [6, 6.07) is 0.707. The minimum Gasteiger partial charge on any atom is -0.393 e. The van der Waals surface area contributed by atoms with Gasteiger partial charge >= 0.3 is 0 Å². The van der Waals surface area contributed by atoms with Crippen LogP contribution in [0.1, 0.15) is 32.1 Å². The van der Waals surface area contributed by atoms with Crippen molar-refractivity contribution >= 4 is 0 Å². The van der Waals surface area contributed by atoms with Crippen LogP contribution in [0, 0.1) is 0 Å². The molecule has 2 aliphatic rings. The lowest BCUT2D eigenvalue weighted by atomic mass is 10.0. The molecule has 2 N–H and O–H groups in total. The second-order valence-electron chi connectivity index (χ2n) is 4.68. The lowest BCUT2D eigenvalue weighted by Gasteiger charge is -2.34. The third-order valence-electron chi connectivity index (χ3n) is 3.45. The molecule has 3 nitrogen and oxygen atoms in total. The Morgan fingerprint density at radius 3 is 2.57 bits per heavy atom. The van der Waals surface area contributed by atoms with Gasteiger partial charge in [-0.05, 0) is 32.2 Å². The van der Waals surface area contributed by atoms with Gasteiger partial charge in [0.2, 0.25) is 0 Å². The van der Waals surface area contributed by atoms with Crippen molar-refractivity contribution in [3.05, 3.63) is 0 Å². The lowest BCUT2D eigenvalue weighted by Crippen LogP contribution is -2.46. The first-order valence-electron chi connectivity index (χ1n) is 5.98. The summed E-state index contributed by atoms with van der Waals surface area (Å²) in [7, 11) is 0. The highest BCUT2D eigenvalue weighted by atomic mass is 16.3. The predicted octanol–water partition coefficient (Wildman–Crippen LogP) is 0.585. The number of aliphatic hydroxyl groups excluding tert-OH is 1. The number of hydrogen-bond acceptors (Lipinski definition) is 3. The van der Waals surface area contributed by atoms with Crippen molar-refractivity contribution in [1.29, 1.82) is 0 Å².